The molecule has 7 heteroatoms. The number of carbonyl (C=O) groups excluding carboxylic acids is 2. The van der Waals surface area contributed by atoms with Gasteiger partial charge >= 0.3 is 0 Å². The maximum atomic E-state index is 12.5. The molecule has 4 aromatic rings. The highest BCUT2D eigenvalue weighted by atomic mass is 16.5. The van der Waals surface area contributed by atoms with Gasteiger partial charge in [0.15, 0.2) is 0 Å². The van der Waals surface area contributed by atoms with E-state index >= 15 is 0 Å². The summed E-state index contributed by atoms with van der Waals surface area (Å²) in [5.74, 6) is 0.209. The Morgan fingerprint density at radius 1 is 0.903 bits per heavy atom. The molecular weight excluding hydrogens is 392 g/mol. The molecule has 1 aliphatic heterocycles. The molecule has 0 N–H and O–H groups in total. The SMILES string of the molecule is O=C1c2ccccc2C(=O)N1CCCOc1ccc(Cn2ccnc2)c2cccnc12. The Morgan fingerprint density at radius 2 is 1.71 bits per heavy atom. The summed E-state index contributed by atoms with van der Waals surface area (Å²) < 4.78 is 7.99. The topological polar surface area (TPSA) is 77.3 Å². The summed E-state index contributed by atoms with van der Waals surface area (Å²) in [6.45, 7) is 1.39. The van der Waals surface area contributed by atoms with Crippen LogP contribution < -0.4 is 4.74 Å². The van der Waals surface area contributed by atoms with Crippen LogP contribution in [0.3, 0.4) is 0 Å². The van der Waals surface area contributed by atoms with Crippen LogP contribution in [0.1, 0.15) is 32.7 Å². The Bertz CT molecular complexity index is 1230. The number of ether oxygens (including phenoxy) is 1. The lowest BCUT2D eigenvalue weighted by atomic mass is 10.1. The Kier molecular flexibility index (Phi) is 4.92. The van der Waals surface area contributed by atoms with E-state index in [0.29, 0.717) is 43.0 Å². The van der Waals surface area contributed by atoms with Gasteiger partial charge in [-0.3, -0.25) is 19.5 Å². The van der Waals surface area contributed by atoms with Crippen LogP contribution >= 0.6 is 0 Å². The Balaban J connectivity index is 1.26. The summed E-state index contributed by atoms with van der Waals surface area (Å²) in [6, 6.07) is 14.8. The fourth-order valence-electron chi connectivity index (χ4n) is 3.88. The molecule has 0 unspecified atom stereocenters. The van der Waals surface area contributed by atoms with Crippen LogP contribution in [0.2, 0.25) is 0 Å². The van der Waals surface area contributed by atoms with Crippen molar-refractivity contribution in [1.82, 2.24) is 19.4 Å². The van der Waals surface area contributed by atoms with E-state index in [-0.39, 0.29) is 11.8 Å². The first-order chi connectivity index (χ1) is 15.2. The van der Waals surface area contributed by atoms with Crippen LogP contribution in [0.4, 0.5) is 0 Å². The summed E-state index contributed by atoms with van der Waals surface area (Å²) in [7, 11) is 0. The van der Waals surface area contributed by atoms with Crippen LogP contribution in [0.25, 0.3) is 10.9 Å². The number of rotatable bonds is 7. The number of imidazole rings is 1. The van der Waals surface area contributed by atoms with E-state index in [4.69, 9.17) is 4.74 Å². The minimum Gasteiger partial charge on any atom is -0.491 e. The third-order valence-corrected chi connectivity index (χ3v) is 5.40. The first-order valence-corrected chi connectivity index (χ1v) is 10.1. The van der Waals surface area contributed by atoms with Crippen molar-refractivity contribution in [2.75, 3.05) is 13.2 Å². The molecule has 31 heavy (non-hydrogen) atoms. The predicted octanol–water partition coefficient (Wildman–Crippen LogP) is 3.54. The molecule has 0 radical (unpaired) electrons. The zero-order chi connectivity index (χ0) is 21.2. The molecule has 0 saturated carbocycles. The molecule has 2 aromatic heterocycles. The van der Waals surface area contributed by atoms with Crippen molar-refractivity contribution in [3.05, 3.63) is 90.1 Å². The second-order valence-corrected chi connectivity index (χ2v) is 7.37. The average molecular weight is 412 g/mol. The van der Waals surface area contributed by atoms with Crippen LogP contribution in [0.5, 0.6) is 5.75 Å². The third-order valence-electron chi connectivity index (χ3n) is 5.40. The molecule has 0 aliphatic carbocycles. The van der Waals surface area contributed by atoms with Crippen molar-refractivity contribution in [3.63, 3.8) is 0 Å². The van der Waals surface area contributed by atoms with Crippen molar-refractivity contribution in [3.8, 4) is 5.75 Å². The van der Waals surface area contributed by atoms with Gasteiger partial charge < -0.3 is 9.30 Å². The molecule has 0 atom stereocenters. The Morgan fingerprint density at radius 3 is 2.45 bits per heavy atom. The smallest absolute Gasteiger partial charge is 0.261 e. The molecule has 0 fully saturated rings. The number of hydrogen-bond donors (Lipinski definition) is 0. The predicted molar refractivity (Wildman–Crippen MR) is 115 cm³/mol. The van der Waals surface area contributed by atoms with Gasteiger partial charge in [0, 0.05) is 37.1 Å². The van der Waals surface area contributed by atoms with Gasteiger partial charge in [0.25, 0.3) is 11.8 Å². The van der Waals surface area contributed by atoms with E-state index in [1.54, 1.807) is 43.0 Å². The van der Waals surface area contributed by atoms with Gasteiger partial charge in [-0.2, -0.15) is 0 Å². The monoisotopic (exact) mass is 412 g/mol. The standard InChI is InChI=1S/C24H20N4O3/c29-23-19-5-1-2-6-20(19)24(30)28(23)12-4-14-31-21-9-8-17(15-27-13-11-25-16-27)18-7-3-10-26-22(18)21/h1-3,5-11,13,16H,4,12,14-15H2. The minimum atomic E-state index is -0.239. The van der Waals surface area contributed by atoms with Gasteiger partial charge in [-0.25, -0.2) is 4.98 Å². The molecule has 0 saturated heterocycles. The normalized spacial score (nSPS) is 13.1. The van der Waals surface area contributed by atoms with E-state index in [2.05, 4.69) is 9.97 Å². The number of hydrogen-bond acceptors (Lipinski definition) is 5. The second kappa shape index (κ2) is 8.02. The molecule has 1 aliphatic rings. The number of aromatic nitrogens is 3. The lowest BCUT2D eigenvalue weighted by molar-refractivity contribution is 0.0647. The zero-order valence-corrected chi connectivity index (χ0v) is 16.8. The minimum absolute atomic E-state index is 0.239. The van der Waals surface area contributed by atoms with Crippen LogP contribution in [-0.4, -0.2) is 44.4 Å². The lowest BCUT2D eigenvalue weighted by Crippen LogP contribution is -2.31. The van der Waals surface area contributed by atoms with Gasteiger partial charge in [0.05, 0.1) is 24.1 Å². The van der Waals surface area contributed by atoms with Gasteiger partial charge in [-0.15, -0.1) is 0 Å². The summed E-state index contributed by atoms with van der Waals surface area (Å²) in [6.07, 6.45) is 7.75. The van der Waals surface area contributed by atoms with Crippen LogP contribution in [-0.2, 0) is 6.54 Å². The van der Waals surface area contributed by atoms with Crippen molar-refractivity contribution in [2.45, 2.75) is 13.0 Å². The van der Waals surface area contributed by atoms with Gasteiger partial charge in [0.1, 0.15) is 11.3 Å². The molecule has 2 amide bonds. The molecule has 5 rings (SSSR count). The van der Waals surface area contributed by atoms with Gasteiger partial charge in [0.2, 0.25) is 0 Å². The largest absolute Gasteiger partial charge is 0.491 e. The average Bonchev–Trinajstić information content (AvgIpc) is 3.40. The van der Waals surface area contributed by atoms with Gasteiger partial charge in [-0.05, 0) is 36.2 Å². The number of pyridine rings is 1. The summed E-state index contributed by atoms with van der Waals surface area (Å²) in [5, 5.41) is 1.02. The zero-order valence-electron chi connectivity index (χ0n) is 16.8. The molecule has 154 valence electrons. The lowest BCUT2D eigenvalue weighted by Gasteiger charge is -2.15. The van der Waals surface area contributed by atoms with Crippen molar-refractivity contribution >= 4 is 22.7 Å². The van der Waals surface area contributed by atoms with Crippen molar-refractivity contribution in [1.29, 1.82) is 0 Å². The summed E-state index contributed by atoms with van der Waals surface area (Å²) >= 11 is 0. The number of imide groups is 1. The molecule has 3 heterocycles. The Labute approximate surface area is 178 Å². The first-order valence-electron chi connectivity index (χ1n) is 10.1. The molecule has 0 bridgehead atoms. The van der Waals surface area contributed by atoms with Crippen molar-refractivity contribution < 1.29 is 14.3 Å². The maximum absolute atomic E-state index is 12.5. The molecule has 7 nitrogen and oxygen atoms in total. The number of fused-ring (bicyclic) bond motifs is 2. The Hall–Kier alpha value is -4.00. The summed E-state index contributed by atoms with van der Waals surface area (Å²) in [5.41, 5.74) is 2.86. The highest BCUT2D eigenvalue weighted by molar-refractivity contribution is 6.21. The van der Waals surface area contributed by atoms with E-state index < -0.39 is 0 Å². The number of benzene rings is 2. The molecular formula is C24H20N4O3. The quantitative estimate of drug-likeness (QED) is 0.343. The maximum Gasteiger partial charge on any atom is 0.261 e. The fourth-order valence-corrected chi connectivity index (χ4v) is 3.88. The molecule has 0 spiro atoms. The number of carbonyl (C=O) groups is 2. The number of nitrogens with zero attached hydrogens (tertiary/aromatic N) is 4. The fraction of sp³-hybridized carbons (Fsp3) is 0.167. The van der Waals surface area contributed by atoms with E-state index in [0.717, 1.165) is 16.5 Å². The van der Waals surface area contributed by atoms with E-state index in [1.807, 2.05) is 35.0 Å². The van der Waals surface area contributed by atoms with Crippen molar-refractivity contribution in [2.24, 2.45) is 0 Å². The second-order valence-electron chi connectivity index (χ2n) is 7.37. The highest BCUT2D eigenvalue weighted by Gasteiger charge is 2.34. The van der Waals surface area contributed by atoms with Crippen LogP contribution in [0.15, 0.2) is 73.4 Å². The number of amides is 2. The van der Waals surface area contributed by atoms with E-state index in [9.17, 15) is 9.59 Å². The third kappa shape index (κ3) is 3.54. The van der Waals surface area contributed by atoms with E-state index in [1.165, 1.54) is 4.90 Å². The first kappa shape index (κ1) is 19.0. The summed E-state index contributed by atoms with van der Waals surface area (Å²) in [4.78, 5) is 34.8. The van der Waals surface area contributed by atoms with Crippen LogP contribution in [0, 0.1) is 0 Å². The molecule has 2 aromatic carbocycles. The van der Waals surface area contributed by atoms with Gasteiger partial charge in [-0.1, -0.05) is 24.3 Å². The highest BCUT2D eigenvalue weighted by Crippen LogP contribution is 2.28.